The van der Waals surface area contributed by atoms with Gasteiger partial charge in [-0.25, -0.2) is 4.98 Å². The first-order valence-corrected chi connectivity index (χ1v) is 5.80. The average Bonchev–Trinajstić information content (AvgIpc) is 2.23. The fraction of sp³-hybridized carbons (Fsp3) is 0.400. The first-order valence-electron chi connectivity index (χ1n) is 5.01. The molecule has 4 nitrogen and oxygen atoms in total. The highest BCUT2D eigenvalue weighted by atomic mass is 79.9. The molecule has 2 rings (SSSR count). The molecule has 8 heteroatoms. The standard InChI is InChI=1S/C10H8BrF3N2O2/c11-7-2-1-3-15-8(7)18-6-4-16(5-6)9(17)10(12,13)14/h1-3,6H,4-5H2. The lowest BCUT2D eigenvalue weighted by Gasteiger charge is -2.38. The number of carbonyl (C=O) groups is 1. The van der Waals surface area contributed by atoms with Crippen LogP contribution in [0.15, 0.2) is 22.8 Å². The monoisotopic (exact) mass is 324 g/mol. The summed E-state index contributed by atoms with van der Waals surface area (Å²) in [6.45, 7) is -0.164. The summed E-state index contributed by atoms with van der Waals surface area (Å²) in [6.07, 6.45) is -3.77. The Balaban J connectivity index is 1.88. The third-order valence-corrected chi connectivity index (χ3v) is 2.98. The lowest BCUT2D eigenvalue weighted by Crippen LogP contribution is -2.59. The summed E-state index contributed by atoms with van der Waals surface area (Å²) in [6, 6.07) is 3.40. The lowest BCUT2D eigenvalue weighted by atomic mass is 10.1. The molecule has 0 saturated carbocycles. The van der Waals surface area contributed by atoms with Crippen molar-refractivity contribution in [3.05, 3.63) is 22.8 Å². The van der Waals surface area contributed by atoms with E-state index in [0.717, 1.165) is 0 Å². The molecule has 1 fully saturated rings. The number of aromatic nitrogens is 1. The van der Waals surface area contributed by atoms with Crippen LogP contribution in [0, 0.1) is 0 Å². The molecule has 98 valence electrons. The molecule has 0 bridgehead atoms. The molecule has 1 aliphatic rings. The summed E-state index contributed by atoms with van der Waals surface area (Å²) in [5, 5.41) is 0. The average molecular weight is 325 g/mol. The van der Waals surface area contributed by atoms with Crippen LogP contribution < -0.4 is 4.74 Å². The molecule has 1 aliphatic heterocycles. The van der Waals surface area contributed by atoms with Crippen LogP contribution in [0.3, 0.4) is 0 Å². The third-order valence-electron chi connectivity index (χ3n) is 2.38. The Labute approximate surface area is 109 Å². The third kappa shape index (κ3) is 2.74. The van der Waals surface area contributed by atoms with Gasteiger partial charge in [-0.1, -0.05) is 0 Å². The van der Waals surface area contributed by atoms with Crippen molar-refractivity contribution >= 4 is 21.8 Å². The van der Waals surface area contributed by atoms with E-state index in [1.807, 2.05) is 0 Å². The highest BCUT2D eigenvalue weighted by Gasteiger charge is 2.47. The van der Waals surface area contributed by atoms with Gasteiger partial charge in [-0.3, -0.25) is 4.79 Å². The molecule has 2 heterocycles. The van der Waals surface area contributed by atoms with Gasteiger partial charge in [-0.2, -0.15) is 13.2 Å². The molecule has 0 aromatic carbocycles. The summed E-state index contributed by atoms with van der Waals surface area (Å²) in [4.78, 5) is 15.5. The predicted octanol–water partition coefficient (Wildman–Crippen LogP) is 2.00. The van der Waals surface area contributed by atoms with Gasteiger partial charge in [0.2, 0.25) is 5.88 Å². The van der Waals surface area contributed by atoms with Crippen LogP contribution in [-0.4, -0.2) is 41.2 Å². The molecular formula is C10H8BrF3N2O2. The van der Waals surface area contributed by atoms with E-state index in [1.165, 1.54) is 6.20 Å². The highest BCUT2D eigenvalue weighted by Crippen LogP contribution is 2.27. The van der Waals surface area contributed by atoms with E-state index < -0.39 is 18.2 Å². The zero-order valence-corrected chi connectivity index (χ0v) is 10.5. The minimum absolute atomic E-state index is 0.0820. The van der Waals surface area contributed by atoms with E-state index in [4.69, 9.17) is 4.74 Å². The fourth-order valence-electron chi connectivity index (χ4n) is 1.47. The first-order chi connectivity index (χ1) is 8.38. The number of carbonyl (C=O) groups excluding carboxylic acids is 1. The van der Waals surface area contributed by atoms with Crippen LogP contribution in [0.2, 0.25) is 0 Å². The molecule has 1 aromatic heterocycles. The Morgan fingerprint density at radius 2 is 2.17 bits per heavy atom. The van der Waals surface area contributed by atoms with Crippen molar-refractivity contribution in [1.29, 1.82) is 0 Å². The molecule has 1 amide bonds. The van der Waals surface area contributed by atoms with Gasteiger partial charge in [-0.05, 0) is 28.1 Å². The number of hydrogen-bond acceptors (Lipinski definition) is 3. The summed E-state index contributed by atoms with van der Waals surface area (Å²) < 4.78 is 42.2. The largest absolute Gasteiger partial charge is 0.471 e. The van der Waals surface area contributed by atoms with Crippen LogP contribution in [-0.2, 0) is 4.79 Å². The first kappa shape index (κ1) is 13.1. The zero-order chi connectivity index (χ0) is 13.3. The maximum Gasteiger partial charge on any atom is 0.471 e. The second-order valence-corrected chi connectivity index (χ2v) is 4.59. The van der Waals surface area contributed by atoms with Crippen LogP contribution in [0.5, 0.6) is 5.88 Å². The maximum atomic E-state index is 12.1. The summed E-state index contributed by atoms with van der Waals surface area (Å²) in [5.74, 6) is -1.52. The molecular weight excluding hydrogens is 317 g/mol. The molecule has 0 N–H and O–H groups in total. The van der Waals surface area contributed by atoms with Gasteiger partial charge in [-0.15, -0.1) is 0 Å². The molecule has 0 radical (unpaired) electrons. The number of ether oxygens (including phenoxy) is 1. The van der Waals surface area contributed by atoms with E-state index in [-0.39, 0.29) is 13.1 Å². The Morgan fingerprint density at radius 3 is 2.72 bits per heavy atom. The van der Waals surface area contributed by atoms with Crippen LogP contribution >= 0.6 is 15.9 Å². The van der Waals surface area contributed by atoms with E-state index >= 15 is 0 Å². The molecule has 1 saturated heterocycles. The van der Waals surface area contributed by atoms with Crippen LogP contribution in [0.4, 0.5) is 13.2 Å². The normalized spacial score (nSPS) is 16.3. The Bertz CT molecular complexity index is 461. The number of alkyl halides is 3. The minimum atomic E-state index is -4.82. The number of pyridine rings is 1. The zero-order valence-electron chi connectivity index (χ0n) is 8.95. The van der Waals surface area contributed by atoms with E-state index in [0.29, 0.717) is 15.3 Å². The second-order valence-electron chi connectivity index (χ2n) is 3.74. The van der Waals surface area contributed by atoms with Crippen molar-refractivity contribution in [3.8, 4) is 5.88 Å². The van der Waals surface area contributed by atoms with Gasteiger partial charge in [0.05, 0.1) is 17.6 Å². The summed E-state index contributed by atoms with van der Waals surface area (Å²) in [5.41, 5.74) is 0. The van der Waals surface area contributed by atoms with Gasteiger partial charge >= 0.3 is 12.1 Å². The van der Waals surface area contributed by atoms with Gasteiger partial charge < -0.3 is 9.64 Å². The molecule has 0 atom stereocenters. The number of hydrogen-bond donors (Lipinski definition) is 0. The van der Waals surface area contributed by atoms with Crippen molar-refractivity contribution in [1.82, 2.24) is 9.88 Å². The molecule has 1 aromatic rings. The Hall–Kier alpha value is -1.31. The van der Waals surface area contributed by atoms with E-state index in [9.17, 15) is 18.0 Å². The van der Waals surface area contributed by atoms with Gasteiger partial charge in [0, 0.05) is 6.20 Å². The smallest absolute Gasteiger partial charge is 0.470 e. The Morgan fingerprint density at radius 1 is 1.50 bits per heavy atom. The minimum Gasteiger partial charge on any atom is -0.470 e. The number of likely N-dealkylation sites (tertiary alicyclic amines) is 1. The lowest BCUT2D eigenvalue weighted by molar-refractivity contribution is -0.193. The number of rotatable bonds is 2. The number of halogens is 4. The van der Waals surface area contributed by atoms with Crippen molar-refractivity contribution in [2.75, 3.05) is 13.1 Å². The van der Waals surface area contributed by atoms with Crippen molar-refractivity contribution in [2.24, 2.45) is 0 Å². The quantitative estimate of drug-likeness (QED) is 0.835. The SMILES string of the molecule is O=C(N1CC(Oc2ncccc2Br)C1)C(F)(F)F. The molecule has 0 aliphatic carbocycles. The second kappa shape index (κ2) is 4.75. The van der Waals surface area contributed by atoms with Gasteiger partial charge in [0.1, 0.15) is 6.10 Å². The van der Waals surface area contributed by atoms with E-state index in [1.54, 1.807) is 12.1 Å². The summed E-state index contributed by atoms with van der Waals surface area (Å²) >= 11 is 3.21. The van der Waals surface area contributed by atoms with Crippen LogP contribution in [0.1, 0.15) is 0 Å². The van der Waals surface area contributed by atoms with Crippen molar-refractivity contribution in [3.63, 3.8) is 0 Å². The fourth-order valence-corrected chi connectivity index (χ4v) is 1.82. The molecule has 0 spiro atoms. The number of nitrogens with zero attached hydrogens (tertiary/aromatic N) is 2. The van der Waals surface area contributed by atoms with Crippen LogP contribution in [0.25, 0.3) is 0 Å². The Kier molecular flexibility index (Phi) is 3.47. The van der Waals surface area contributed by atoms with Gasteiger partial charge in [0.25, 0.3) is 0 Å². The molecule has 0 unspecified atom stereocenters. The predicted molar refractivity (Wildman–Crippen MR) is 59.0 cm³/mol. The molecule has 18 heavy (non-hydrogen) atoms. The number of amides is 1. The highest BCUT2D eigenvalue weighted by molar-refractivity contribution is 9.10. The van der Waals surface area contributed by atoms with Crippen molar-refractivity contribution < 1.29 is 22.7 Å². The van der Waals surface area contributed by atoms with E-state index in [2.05, 4.69) is 20.9 Å². The maximum absolute atomic E-state index is 12.1. The summed E-state index contributed by atoms with van der Waals surface area (Å²) in [7, 11) is 0. The van der Waals surface area contributed by atoms with Crippen molar-refractivity contribution in [2.45, 2.75) is 12.3 Å². The van der Waals surface area contributed by atoms with Gasteiger partial charge in [0.15, 0.2) is 0 Å². The topological polar surface area (TPSA) is 42.4 Å².